The molecule has 1 nitrogen and oxygen atoms in total. The van der Waals surface area contributed by atoms with E-state index in [-0.39, 0.29) is 12.4 Å². The highest BCUT2D eigenvalue weighted by molar-refractivity contribution is 9.10. The molecule has 0 aliphatic carbocycles. The standard InChI is InChI=1S/C6H8BrNS.ClH/c1-8-4-6-5(7)2-3-9-6;/h2-3,8H,4H2,1H3;1H. The number of thiophene rings is 1. The minimum Gasteiger partial charge on any atom is -0.315 e. The lowest BCUT2D eigenvalue weighted by Gasteiger charge is -1.93. The predicted molar refractivity (Wildman–Crippen MR) is 52.0 cm³/mol. The summed E-state index contributed by atoms with van der Waals surface area (Å²) in [5, 5.41) is 5.17. The first-order chi connectivity index (χ1) is 4.34. The van der Waals surface area contributed by atoms with Gasteiger partial charge in [-0.05, 0) is 34.4 Å². The van der Waals surface area contributed by atoms with E-state index in [1.54, 1.807) is 11.3 Å². The highest BCUT2D eigenvalue weighted by atomic mass is 79.9. The van der Waals surface area contributed by atoms with E-state index in [0.717, 1.165) is 6.54 Å². The van der Waals surface area contributed by atoms with Gasteiger partial charge in [-0.3, -0.25) is 0 Å². The molecule has 0 saturated heterocycles. The molecule has 1 heterocycles. The minimum absolute atomic E-state index is 0. The van der Waals surface area contributed by atoms with Crippen LogP contribution < -0.4 is 5.32 Å². The second-order valence-corrected chi connectivity index (χ2v) is 3.58. The van der Waals surface area contributed by atoms with Crippen molar-refractivity contribution in [1.29, 1.82) is 0 Å². The summed E-state index contributed by atoms with van der Waals surface area (Å²) in [5.74, 6) is 0. The van der Waals surface area contributed by atoms with Gasteiger partial charge in [-0.15, -0.1) is 23.7 Å². The van der Waals surface area contributed by atoms with Crippen molar-refractivity contribution in [2.24, 2.45) is 0 Å². The Kier molecular flexibility index (Phi) is 5.35. The van der Waals surface area contributed by atoms with Gasteiger partial charge in [-0.2, -0.15) is 0 Å². The molecule has 10 heavy (non-hydrogen) atoms. The Morgan fingerprint density at radius 1 is 1.70 bits per heavy atom. The van der Waals surface area contributed by atoms with E-state index >= 15 is 0 Å². The lowest BCUT2D eigenvalue weighted by molar-refractivity contribution is 0.829. The molecule has 0 unspecified atom stereocenters. The highest BCUT2D eigenvalue weighted by Gasteiger charge is 1.96. The van der Waals surface area contributed by atoms with Crippen molar-refractivity contribution in [3.63, 3.8) is 0 Å². The lowest BCUT2D eigenvalue weighted by Crippen LogP contribution is -2.03. The summed E-state index contributed by atoms with van der Waals surface area (Å²) in [6, 6.07) is 2.07. The second kappa shape index (κ2) is 5.13. The van der Waals surface area contributed by atoms with Crippen molar-refractivity contribution in [3.8, 4) is 0 Å². The molecule has 1 rings (SSSR count). The molecule has 0 spiro atoms. The first kappa shape index (κ1) is 10.4. The van der Waals surface area contributed by atoms with E-state index in [1.807, 2.05) is 7.05 Å². The van der Waals surface area contributed by atoms with Crippen LogP contribution in [0.15, 0.2) is 15.9 Å². The fraction of sp³-hybridized carbons (Fsp3) is 0.333. The van der Waals surface area contributed by atoms with Gasteiger partial charge in [0.25, 0.3) is 0 Å². The molecule has 4 heteroatoms. The van der Waals surface area contributed by atoms with Crippen LogP contribution >= 0.6 is 39.7 Å². The summed E-state index contributed by atoms with van der Waals surface area (Å²) in [4.78, 5) is 1.36. The predicted octanol–water partition coefficient (Wildman–Crippen LogP) is 2.65. The Hall–Kier alpha value is 0.430. The number of rotatable bonds is 2. The van der Waals surface area contributed by atoms with Crippen LogP contribution in [0.2, 0.25) is 0 Å². The smallest absolute Gasteiger partial charge is 0.0327 e. The van der Waals surface area contributed by atoms with Crippen LogP contribution in [0.4, 0.5) is 0 Å². The maximum absolute atomic E-state index is 3.44. The molecule has 0 aliphatic heterocycles. The van der Waals surface area contributed by atoms with Crippen LogP contribution in [0.5, 0.6) is 0 Å². The Bertz CT molecular complexity index is 190. The fourth-order valence-electron chi connectivity index (χ4n) is 0.612. The summed E-state index contributed by atoms with van der Waals surface area (Å²) in [7, 11) is 1.95. The first-order valence-corrected chi connectivity index (χ1v) is 4.38. The molecular formula is C6H9BrClNS. The molecule has 0 saturated carbocycles. The Morgan fingerprint density at radius 2 is 2.40 bits per heavy atom. The third-order valence-corrected chi connectivity index (χ3v) is 2.95. The zero-order valence-corrected chi connectivity index (χ0v) is 8.78. The van der Waals surface area contributed by atoms with Gasteiger partial charge < -0.3 is 5.32 Å². The molecule has 0 aliphatic rings. The Morgan fingerprint density at radius 3 is 2.80 bits per heavy atom. The topological polar surface area (TPSA) is 12.0 Å². The molecule has 0 fully saturated rings. The molecule has 1 aromatic rings. The quantitative estimate of drug-likeness (QED) is 0.841. The van der Waals surface area contributed by atoms with Crippen LogP contribution in [0, 0.1) is 0 Å². The van der Waals surface area contributed by atoms with E-state index < -0.39 is 0 Å². The van der Waals surface area contributed by atoms with E-state index in [2.05, 4.69) is 32.7 Å². The van der Waals surface area contributed by atoms with Gasteiger partial charge in [-0.25, -0.2) is 0 Å². The van der Waals surface area contributed by atoms with Gasteiger partial charge >= 0.3 is 0 Å². The molecular weight excluding hydrogens is 233 g/mol. The largest absolute Gasteiger partial charge is 0.315 e. The summed E-state index contributed by atoms with van der Waals surface area (Å²) in [6.45, 7) is 0.957. The molecule has 0 amide bonds. The minimum atomic E-state index is 0. The van der Waals surface area contributed by atoms with Crippen LogP contribution in [0.3, 0.4) is 0 Å². The Balaban J connectivity index is 0.000000810. The van der Waals surface area contributed by atoms with Gasteiger partial charge in [0.2, 0.25) is 0 Å². The lowest BCUT2D eigenvalue weighted by atomic mass is 10.5. The summed E-state index contributed by atoms with van der Waals surface area (Å²) in [6.07, 6.45) is 0. The van der Waals surface area contributed by atoms with Gasteiger partial charge in [0, 0.05) is 15.9 Å². The van der Waals surface area contributed by atoms with E-state index in [9.17, 15) is 0 Å². The summed E-state index contributed by atoms with van der Waals surface area (Å²) < 4.78 is 1.21. The van der Waals surface area contributed by atoms with Crippen LogP contribution in [0.25, 0.3) is 0 Å². The summed E-state index contributed by atoms with van der Waals surface area (Å²) in [5.41, 5.74) is 0. The van der Waals surface area contributed by atoms with E-state index in [1.165, 1.54) is 9.35 Å². The number of hydrogen-bond acceptors (Lipinski definition) is 2. The molecule has 0 bridgehead atoms. The second-order valence-electron chi connectivity index (χ2n) is 1.72. The third kappa shape index (κ3) is 2.58. The molecule has 1 N–H and O–H groups in total. The number of halogens is 2. The van der Waals surface area contributed by atoms with Crippen LogP contribution in [-0.4, -0.2) is 7.05 Å². The Labute approximate surface area is 79.4 Å². The maximum Gasteiger partial charge on any atom is 0.0327 e. The van der Waals surface area contributed by atoms with Crippen molar-refractivity contribution in [1.82, 2.24) is 5.32 Å². The molecule has 1 aromatic heterocycles. The van der Waals surface area contributed by atoms with Crippen molar-refractivity contribution in [3.05, 3.63) is 20.8 Å². The zero-order chi connectivity index (χ0) is 6.69. The van der Waals surface area contributed by atoms with Gasteiger partial charge in [-0.1, -0.05) is 0 Å². The average Bonchev–Trinajstić information content (AvgIpc) is 2.18. The molecule has 58 valence electrons. The molecule has 0 aromatic carbocycles. The number of nitrogens with one attached hydrogen (secondary N) is 1. The van der Waals surface area contributed by atoms with Crippen molar-refractivity contribution in [2.45, 2.75) is 6.54 Å². The van der Waals surface area contributed by atoms with Gasteiger partial charge in [0.05, 0.1) is 0 Å². The normalized spacial score (nSPS) is 9.00. The van der Waals surface area contributed by atoms with Crippen LogP contribution in [-0.2, 0) is 6.54 Å². The van der Waals surface area contributed by atoms with Gasteiger partial charge in [0.1, 0.15) is 0 Å². The fourth-order valence-corrected chi connectivity index (χ4v) is 2.12. The zero-order valence-electron chi connectivity index (χ0n) is 5.56. The monoisotopic (exact) mass is 241 g/mol. The summed E-state index contributed by atoms with van der Waals surface area (Å²) >= 11 is 5.20. The van der Waals surface area contributed by atoms with Gasteiger partial charge in [0.15, 0.2) is 0 Å². The molecule has 0 atom stereocenters. The average molecular weight is 243 g/mol. The van der Waals surface area contributed by atoms with Crippen molar-refractivity contribution in [2.75, 3.05) is 7.05 Å². The van der Waals surface area contributed by atoms with Crippen molar-refractivity contribution < 1.29 is 0 Å². The van der Waals surface area contributed by atoms with E-state index in [4.69, 9.17) is 0 Å². The van der Waals surface area contributed by atoms with Crippen LogP contribution in [0.1, 0.15) is 4.88 Å². The number of hydrogen-bond donors (Lipinski definition) is 1. The third-order valence-electron chi connectivity index (χ3n) is 1.03. The highest BCUT2D eigenvalue weighted by Crippen LogP contribution is 2.21. The SMILES string of the molecule is CNCc1sccc1Br.Cl. The van der Waals surface area contributed by atoms with Crippen molar-refractivity contribution >= 4 is 39.7 Å². The van der Waals surface area contributed by atoms with E-state index in [0.29, 0.717) is 0 Å². The molecule has 0 radical (unpaired) electrons. The maximum atomic E-state index is 3.44. The first-order valence-electron chi connectivity index (χ1n) is 2.71.